The minimum atomic E-state index is -0.837. The first kappa shape index (κ1) is 14.9. The highest BCUT2D eigenvalue weighted by atomic mass is 16.5. The Kier molecular flexibility index (Phi) is 4.82. The van der Waals surface area contributed by atoms with Gasteiger partial charge < -0.3 is 14.6 Å². The Morgan fingerprint density at radius 3 is 1.86 bits per heavy atom. The van der Waals surface area contributed by atoms with Crippen LogP contribution in [0.4, 0.5) is 0 Å². The number of ether oxygens (including phenoxy) is 2. The monoisotopic (exact) mass is 286 g/mol. The average Bonchev–Trinajstić information content (AvgIpc) is 2.53. The second kappa shape index (κ2) is 6.79. The summed E-state index contributed by atoms with van der Waals surface area (Å²) >= 11 is 0. The van der Waals surface area contributed by atoms with E-state index in [-0.39, 0.29) is 0 Å². The SMILES string of the molecule is COc1ccc(C[C@H](C(=O)O)c2ccc(OC)cc2)cc1. The number of benzene rings is 2. The fourth-order valence-corrected chi connectivity index (χ4v) is 2.18. The molecule has 0 aliphatic heterocycles. The summed E-state index contributed by atoms with van der Waals surface area (Å²) in [5, 5.41) is 9.46. The summed E-state index contributed by atoms with van der Waals surface area (Å²) < 4.78 is 10.2. The Balaban J connectivity index is 2.19. The zero-order valence-corrected chi connectivity index (χ0v) is 12.1. The van der Waals surface area contributed by atoms with E-state index in [1.54, 1.807) is 38.5 Å². The van der Waals surface area contributed by atoms with Gasteiger partial charge in [0, 0.05) is 0 Å². The predicted octanol–water partition coefficient (Wildman–Crippen LogP) is 3.11. The molecule has 2 rings (SSSR count). The van der Waals surface area contributed by atoms with Gasteiger partial charge in [0.25, 0.3) is 0 Å². The molecule has 0 aliphatic carbocycles. The van der Waals surface area contributed by atoms with Crippen LogP contribution < -0.4 is 9.47 Å². The molecule has 0 saturated heterocycles. The smallest absolute Gasteiger partial charge is 0.311 e. The van der Waals surface area contributed by atoms with Crippen LogP contribution in [-0.4, -0.2) is 25.3 Å². The molecule has 0 bridgehead atoms. The summed E-state index contributed by atoms with van der Waals surface area (Å²) in [7, 11) is 3.19. The maximum absolute atomic E-state index is 11.5. The first-order valence-electron chi connectivity index (χ1n) is 6.63. The van der Waals surface area contributed by atoms with E-state index in [1.807, 2.05) is 24.3 Å². The molecule has 0 fully saturated rings. The van der Waals surface area contributed by atoms with E-state index in [2.05, 4.69) is 0 Å². The summed E-state index contributed by atoms with van der Waals surface area (Å²) in [4.78, 5) is 11.5. The molecule has 0 spiro atoms. The first-order chi connectivity index (χ1) is 10.1. The van der Waals surface area contributed by atoms with E-state index in [1.165, 1.54) is 0 Å². The third-order valence-corrected chi connectivity index (χ3v) is 3.42. The molecule has 2 aromatic carbocycles. The molecule has 4 nitrogen and oxygen atoms in total. The Morgan fingerprint density at radius 1 is 0.952 bits per heavy atom. The van der Waals surface area contributed by atoms with Gasteiger partial charge in [-0.1, -0.05) is 24.3 Å². The van der Waals surface area contributed by atoms with Crippen LogP contribution in [0.2, 0.25) is 0 Å². The van der Waals surface area contributed by atoms with Crippen LogP contribution in [0.3, 0.4) is 0 Å². The van der Waals surface area contributed by atoms with E-state index >= 15 is 0 Å². The predicted molar refractivity (Wildman–Crippen MR) is 80.1 cm³/mol. The van der Waals surface area contributed by atoms with Gasteiger partial charge in [-0.15, -0.1) is 0 Å². The number of carboxylic acid groups (broad SMARTS) is 1. The fourth-order valence-electron chi connectivity index (χ4n) is 2.18. The van der Waals surface area contributed by atoms with Gasteiger partial charge in [0.1, 0.15) is 11.5 Å². The molecule has 0 unspecified atom stereocenters. The normalized spacial score (nSPS) is 11.7. The number of methoxy groups -OCH3 is 2. The molecule has 0 saturated carbocycles. The van der Waals surface area contributed by atoms with Gasteiger partial charge >= 0.3 is 5.97 Å². The zero-order valence-electron chi connectivity index (χ0n) is 12.1. The number of hydrogen-bond donors (Lipinski definition) is 1. The van der Waals surface area contributed by atoms with Crippen molar-refractivity contribution in [2.45, 2.75) is 12.3 Å². The molecular formula is C17H18O4. The van der Waals surface area contributed by atoms with E-state index in [0.717, 1.165) is 16.9 Å². The van der Waals surface area contributed by atoms with Crippen LogP contribution in [0.15, 0.2) is 48.5 Å². The lowest BCUT2D eigenvalue weighted by Crippen LogP contribution is -2.14. The molecular weight excluding hydrogens is 268 g/mol. The second-order valence-corrected chi connectivity index (χ2v) is 4.72. The number of aliphatic carboxylic acids is 1. The average molecular weight is 286 g/mol. The van der Waals surface area contributed by atoms with Crippen molar-refractivity contribution in [3.63, 3.8) is 0 Å². The topological polar surface area (TPSA) is 55.8 Å². The highest BCUT2D eigenvalue weighted by molar-refractivity contribution is 5.76. The summed E-state index contributed by atoms with van der Waals surface area (Å²) in [5.41, 5.74) is 1.72. The summed E-state index contributed by atoms with van der Waals surface area (Å²) in [6.45, 7) is 0. The van der Waals surface area contributed by atoms with Crippen LogP contribution in [0, 0.1) is 0 Å². The lowest BCUT2D eigenvalue weighted by atomic mass is 9.92. The Hall–Kier alpha value is -2.49. The van der Waals surface area contributed by atoms with Gasteiger partial charge in [-0.25, -0.2) is 0 Å². The summed E-state index contributed by atoms with van der Waals surface area (Å²) in [6.07, 6.45) is 0.436. The van der Waals surface area contributed by atoms with Crippen molar-refractivity contribution >= 4 is 5.97 Å². The highest BCUT2D eigenvalue weighted by Gasteiger charge is 2.20. The van der Waals surface area contributed by atoms with Crippen molar-refractivity contribution in [2.24, 2.45) is 0 Å². The minimum absolute atomic E-state index is 0.436. The van der Waals surface area contributed by atoms with E-state index < -0.39 is 11.9 Å². The van der Waals surface area contributed by atoms with Gasteiger partial charge in [-0.05, 0) is 41.8 Å². The van der Waals surface area contributed by atoms with Gasteiger partial charge in [-0.3, -0.25) is 4.79 Å². The van der Waals surface area contributed by atoms with Crippen LogP contribution in [0.25, 0.3) is 0 Å². The van der Waals surface area contributed by atoms with Crippen LogP contribution in [0.1, 0.15) is 17.0 Å². The third kappa shape index (κ3) is 3.75. The van der Waals surface area contributed by atoms with E-state index in [4.69, 9.17) is 9.47 Å². The van der Waals surface area contributed by atoms with Crippen molar-refractivity contribution < 1.29 is 19.4 Å². The van der Waals surface area contributed by atoms with Gasteiger partial charge in [0.2, 0.25) is 0 Å². The van der Waals surface area contributed by atoms with Crippen molar-refractivity contribution in [2.75, 3.05) is 14.2 Å². The van der Waals surface area contributed by atoms with Crippen molar-refractivity contribution in [3.05, 3.63) is 59.7 Å². The highest BCUT2D eigenvalue weighted by Crippen LogP contribution is 2.24. The van der Waals surface area contributed by atoms with Crippen LogP contribution >= 0.6 is 0 Å². The summed E-state index contributed by atoms with van der Waals surface area (Å²) in [5.74, 6) is 0.0581. The first-order valence-corrected chi connectivity index (χ1v) is 6.63. The second-order valence-electron chi connectivity index (χ2n) is 4.72. The lowest BCUT2D eigenvalue weighted by Gasteiger charge is -2.14. The number of carboxylic acids is 1. The standard InChI is InChI=1S/C17H18O4/c1-20-14-7-3-12(4-8-14)11-16(17(18)19)13-5-9-15(21-2)10-6-13/h3-10,16H,11H2,1-2H3,(H,18,19)/t16-/m0/s1. The lowest BCUT2D eigenvalue weighted by molar-refractivity contribution is -0.138. The third-order valence-electron chi connectivity index (χ3n) is 3.42. The quantitative estimate of drug-likeness (QED) is 0.886. The zero-order chi connectivity index (χ0) is 15.2. The largest absolute Gasteiger partial charge is 0.497 e. The Morgan fingerprint density at radius 2 is 1.43 bits per heavy atom. The maximum Gasteiger partial charge on any atom is 0.311 e. The Bertz CT molecular complexity index is 587. The van der Waals surface area contributed by atoms with Crippen molar-refractivity contribution in [1.82, 2.24) is 0 Å². The molecule has 0 radical (unpaired) electrons. The molecule has 110 valence electrons. The molecule has 1 N–H and O–H groups in total. The van der Waals surface area contributed by atoms with Crippen LogP contribution in [0.5, 0.6) is 11.5 Å². The molecule has 0 heterocycles. The minimum Gasteiger partial charge on any atom is -0.497 e. The van der Waals surface area contributed by atoms with Crippen molar-refractivity contribution in [1.29, 1.82) is 0 Å². The molecule has 0 aromatic heterocycles. The molecule has 4 heteroatoms. The van der Waals surface area contributed by atoms with Gasteiger partial charge in [0.15, 0.2) is 0 Å². The number of rotatable bonds is 6. The molecule has 21 heavy (non-hydrogen) atoms. The molecule has 0 amide bonds. The van der Waals surface area contributed by atoms with Crippen LogP contribution in [-0.2, 0) is 11.2 Å². The number of hydrogen-bond acceptors (Lipinski definition) is 3. The maximum atomic E-state index is 11.5. The van der Waals surface area contributed by atoms with Gasteiger partial charge in [0.05, 0.1) is 20.1 Å². The molecule has 1 atom stereocenters. The molecule has 0 aliphatic rings. The van der Waals surface area contributed by atoms with E-state index in [9.17, 15) is 9.90 Å². The Labute approximate surface area is 123 Å². The summed E-state index contributed by atoms with van der Waals surface area (Å²) in [6, 6.07) is 14.6. The molecule has 2 aromatic rings. The number of carbonyl (C=O) groups is 1. The van der Waals surface area contributed by atoms with Gasteiger partial charge in [-0.2, -0.15) is 0 Å². The fraction of sp³-hybridized carbons (Fsp3) is 0.235. The van der Waals surface area contributed by atoms with Crippen molar-refractivity contribution in [3.8, 4) is 11.5 Å². The van der Waals surface area contributed by atoms with E-state index in [0.29, 0.717) is 12.2 Å².